The van der Waals surface area contributed by atoms with E-state index in [4.69, 9.17) is 0 Å². The molecule has 5 nitrogen and oxygen atoms in total. The third-order valence-electron chi connectivity index (χ3n) is 21.4. The maximum Gasteiger partial charge on any atom is 0.252 e. The molecule has 0 bridgehead atoms. The Morgan fingerprint density at radius 3 is 1.19 bits per heavy atom. The normalized spacial score (nSPS) is 12.7. The zero-order chi connectivity index (χ0) is 71.2. The highest BCUT2D eigenvalue weighted by Gasteiger charge is 2.50. The number of hydrogen-bond donors (Lipinski definition) is 0. The fourth-order valence-electron chi connectivity index (χ4n) is 17.0. The minimum Gasteiger partial charge on any atom is -0.311 e. The molecule has 16 aromatic rings. The summed E-state index contributed by atoms with van der Waals surface area (Å²) in [4.78, 5) is 12.4. The van der Waals surface area contributed by atoms with Gasteiger partial charge in [0.25, 0.3) is 6.71 Å². The standard InChI is InChI=1S/C96H62B2F3N5S/c99-67-55-56-85(82(100)57-67)106-87-59-72(102(68-39-17-5-18-40-68)69-41-19-6-20-42-69)58-86-90(87)97(78-51-25-27-53-83(78)104(86)71-45-23-8-24-46-71)80-62-81-96(92(101)95(80)106)107-89-61-73(103(70-43-21-7-22-44-70)93-74(63-31-9-1-10-32-63)47-29-48-75(93)64-33-11-2-12-34-64)60-88-91(89)98(81)79-52-26-28-54-84(79)105(88)94-76(65-35-13-3-14-36-65)49-30-50-77(94)66-37-15-4-16-38-66/h1-62H. The summed E-state index contributed by atoms with van der Waals surface area (Å²) in [7, 11) is 0. The minimum absolute atomic E-state index is 0.000865. The number of halogens is 3. The molecule has 16 aromatic carbocycles. The molecule has 0 N–H and O–H groups in total. The van der Waals surface area contributed by atoms with Crippen LogP contribution >= 0.6 is 11.8 Å². The minimum atomic E-state index is -0.837. The Hall–Kier alpha value is -13.2. The summed E-state index contributed by atoms with van der Waals surface area (Å²) in [6.45, 7) is -1.17. The Kier molecular flexibility index (Phi) is 15.5. The fraction of sp³-hybridized carbons (Fsp3) is 0. The Morgan fingerprint density at radius 2 is 0.673 bits per heavy atom. The number of benzene rings is 16. The molecule has 4 aliphatic rings. The molecule has 0 amide bonds. The van der Waals surface area contributed by atoms with E-state index in [-0.39, 0.29) is 11.4 Å². The van der Waals surface area contributed by atoms with E-state index in [1.807, 2.05) is 54.6 Å². The van der Waals surface area contributed by atoms with Crippen LogP contribution in [0.5, 0.6) is 0 Å². The summed E-state index contributed by atoms with van der Waals surface area (Å²) in [6, 6.07) is 129. The Balaban J connectivity index is 0.907. The van der Waals surface area contributed by atoms with Gasteiger partial charge in [-0.2, -0.15) is 0 Å². The first kappa shape index (κ1) is 63.5. The van der Waals surface area contributed by atoms with Gasteiger partial charge in [0.15, 0.2) is 5.82 Å². The molecule has 0 unspecified atom stereocenters. The second kappa shape index (κ2) is 26.2. The van der Waals surface area contributed by atoms with Crippen LogP contribution in [0.3, 0.4) is 0 Å². The average Bonchev–Trinajstić information content (AvgIpc) is 0.685. The molecule has 0 spiro atoms. The number of nitrogens with zero attached hydrogens (tertiary/aromatic N) is 5. The van der Waals surface area contributed by atoms with Crippen LogP contribution < -0.4 is 57.3 Å². The molecule has 0 fully saturated rings. The van der Waals surface area contributed by atoms with Gasteiger partial charge >= 0.3 is 0 Å². The first-order valence-corrected chi connectivity index (χ1v) is 36.9. The molecule has 107 heavy (non-hydrogen) atoms. The van der Waals surface area contributed by atoms with E-state index in [0.29, 0.717) is 16.0 Å². The Bertz CT molecular complexity index is 5970. The Morgan fingerprint density at radius 1 is 0.271 bits per heavy atom. The summed E-state index contributed by atoms with van der Waals surface area (Å²) in [5, 5.41) is 0. The first-order chi connectivity index (χ1) is 52.9. The van der Waals surface area contributed by atoms with Gasteiger partial charge in [-0.1, -0.05) is 290 Å². The van der Waals surface area contributed by atoms with Crippen LogP contribution in [-0.4, -0.2) is 13.4 Å². The molecule has 0 saturated carbocycles. The molecule has 0 radical (unpaired) electrons. The van der Waals surface area contributed by atoms with Gasteiger partial charge in [0.2, 0.25) is 6.71 Å². The lowest BCUT2D eigenvalue weighted by Gasteiger charge is -2.46. The molecule has 4 heterocycles. The van der Waals surface area contributed by atoms with Crippen molar-refractivity contribution in [3.05, 3.63) is 394 Å². The molecule has 0 saturated heterocycles. The first-order valence-electron chi connectivity index (χ1n) is 36.1. The van der Waals surface area contributed by atoms with Gasteiger partial charge in [0.1, 0.15) is 11.6 Å². The van der Waals surface area contributed by atoms with Crippen molar-refractivity contribution >= 4 is 143 Å². The van der Waals surface area contributed by atoms with Crippen LogP contribution in [0, 0.1) is 17.5 Å². The molecule has 0 aliphatic carbocycles. The Labute approximate surface area is 624 Å². The second-order valence-corrected chi connectivity index (χ2v) is 28.4. The summed E-state index contributed by atoms with van der Waals surface area (Å²) in [6.07, 6.45) is 0. The lowest BCUT2D eigenvalue weighted by Crippen LogP contribution is -2.65. The monoisotopic (exact) mass is 1400 g/mol. The van der Waals surface area contributed by atoms with E-state index < -0.39 is 30.9 Å². The van der Waals surface area contributed by atoms with Crippen molar-refractivity contribution < 1.29 is 13.2 Å². The van der Waals surface area contributed by atoms with Gasteiger partial charge in [0.05, 0.1) is 28.4 Å². The lowest BCUT2D eigenvalue weighted by atomic mass is 9.31. The van der Waals surface area contributed by atoms with Crippen LogP contribution in [0.1, 0.15) is 0 Å². The zero-order valence-corrected chi connectivity index (χ0v) is 58.5. The topological polar surface area (TPSA) is 16.2 Å². The number of hydrogen-bond acceptors (Lipinski definition) is 6. The largest absolute Gasteiger partial charge is 0.311 e. The fourth-order valence-corrected chi connectivity index (χ4v) is 18.2. The van der Waals surface area contributed by atoms with Gasteiger partial charge in [-0.3, -0.25) is 0 Å². The van der Waals surface area contributed by atoms with Crippen molar-refractivity contribution in [1.82, 2.24) is 0 Å². The number of fused-ring (bicyclic) bond motifs is 8. The predicted molar refractivity (Wildman–Crippen MR) is 441 cm³/mol. The molecular weight excluding hydrogens is 1330 g/mol. The van der Waals surface area contributed by atoms with Gasteiger partial charge in [-0.15, -0.1) is 0 Å². The summed E-state index contributed by atoms with van der Waals surface area (Å²) >= 11 is 1.42. The smallest absolute Gasteiger partial charge is 0.252 e. The number of anilines is 15. The van der Waals surface area contributed by atoms with E-state index in [1.54, 1.807) is 4.90 Å². The van der Waals surface area contributed by atoms with E-state index >= 15 is 13.2 Å². The maximum atomic E-state index is 20.9. The second-order valence-electron chi connectivity index (χ2n) is 27.4. The van der Waals surface area contributed by atoms with Crippen LogP contribution in [0.2, 0.25) is 0 Å². The molecule has 4 aliphatic heterocycles. The number of para-hydroxylation sites is 8. The van der Waals surface area contributed by atoms with Crippen molar-refractivity contribution in [2.75, 3.05) is 24.5 Å². The van der Waals surface area contributed by atoms with Gasteiger partial charge in [0, 0.05) is 95.0 Å². The van der Waals surface area contributed by atoms with E-state index in [1.165, 1.54) is 23.9 Å². The maximum absolute atomic E-state index is 20.9. The van der Waals surface area contributed by atoms with Gasteiger partial charge in [-0.05, 0) is 147 Å². The summed E-state index contributed by atoms with van der Waals surface area (Å²) < 4.78 is 54.7. The van der Waals surface area contributed by atoms with Crippen molar-refractivity contribution in [2.24, 2.45) is 0 Å². The van der Waals surface area contributed by atoms with E-state index in [2.05, 4.69) is 323 Å². The number of rotatable bonds is 13. The highest BCUT2D eigenvalue weighted by Crippen LogP contribution is 2.56. The van der Waals surface area contributed by atoms with Crippen molar-refractivity contribution in [3.8, 4) is 44.5 Å². The van der Waals surface area contributed by atoms with Crippen molar-refractivity contribution in [1.29, 1.82) is 0 Å². The van der Waals surface area contributed by atoms with E-state index in [0.717, 1.165) is 151 Å². The summed E-state index contributed by atoms with van der Waals surface area (Å²) in [5.41, 5.74) is 25.0. The van der Waals surface area contributed by atoms with Crippen molar-refractivity contribution in [3.63, 3.8) is 0 Å². The molecule has 504 valence electrons. The van der Waals surface area contributed by atoms with Gasteiger partial charge < -0.3 is 24.5 Å². The van der Waals surface area contributed by atoms with Crippen LogP contribution in [0.25, 0.3) is 44.5 Å². The van der Waals surface area contributed by atoms with Crippen LogP contribution in [0.15, 0.2) is 386 Å². The summed E-state index contributed by atoms with van der Waals surface area (Å²) in [5.74, 6) is -2.10. The third kappa shape index (κ3) is 10.5. The average molecular weight is 1400 g/mol. The molecule has 0 aromatic heterocycles. The third-order valence-corrected chi connectivity index (χ3v) is 22.6. The zero-order valence-electron chi connectivity index (χ0n) is 57.7. The molecule has 0 atom stereocenters. The molecule has 20 rings (SSSR count). The predicted octanol–water partition coefficient (Wildman–Crippen LogP) is 22.6. The lowest BCUT2D eigenvalue weighted by molar-refractivity contribution is 0.582. The highest BCUT2D eigenvalue weighted by atomic mass is 32.2. The quantitative estimate of drug-likeness (QED) is 0.106. The van der Waals surface area contributed by atoms with Crippen LogP contribution in [-0.2, 0) is 0 Å². The highest BCUT2D eigenvalue weighted by molar-refractivity contribution is 8.00. The van der Waals surface area contributed by atoms with Gasteiger partial charge in [-0.25, -0.2) is 13.2 Å². The SMILES string of the molecule is Fc1ccc(N2c3cc(N(c4ccccc4)c4ccccc4)cc4c3B(c3ccccc3N4c3ccccc3)c3cc4c(c(F)c32)Sc2cc(N(c3ccccc3)c3c(-c5ccccc5)cccc3-c3ccccc3)cc3c2B4c2ccccc2N3c2c(-c3ccccc3)cccc2-c2ccccc2)c(F)c1. The molecular formula is C96H62B2F3N5S. The van der Waals surface area contributed by atoms with Crippen LogP contribution in [0.4, 0.5) is 98.5 Å². The van der Waals surface area contributed by atoms with Crippen molar-refractivity contribution in [2.45, 2.75) is 9.79 Å². The van der Waals surface area contributed by atoms with E-state index in [9.17, 15) is 0 Å². The molecule has 11 heteroatoms.